The van der Waals surface area contributed by atoms with Crippen molar-refractivity contribution in [2.24, 2.45) is 0 Å². The molecule has 1 aromatic heterocycles. The minimum Gasteiger partial charge on any atom is -0.377 e. The number of ether oxygens (including phenoxy) is 1. The standard InChI is InChI=1S/C18H21N3O3/c1-18(2,3)13-7-5-12(6-8-13)16(10-19)20-17(22)15-9-14(11-23-4)24-21-15/h5-9,16H,11H2,1-4H3,(H,20,22)/t16-/m0/s1. The topological polar surface area (TPSA) is 88.1 Å². The maximum atomic E-state index is 12.2. The van der Waals surface area contributed by atoms with Crippen LogP contribution in [-0.4, -0.2) is 18.2 Å². The summed E-state index contributed by atoms with van der Waals surface area (Å²) in [7, 11) is 1.52. The van der Waals surface area contributed by atoms with Gasteiger partial charge >= 0.3 is 0 Å². The highest BCUT2D eigenvalue weighted by Gasteiger charge is 2.19. The summed E-state index contributed by atoms with van der Waals surface area (Å²) >= 11 is 0. The molecule has 0 aliphatic carbocycles. The first-order valence-corrected chi connectivity index (χ1v) is 7.60. The molecule has 0 aliphatic rings. The van der Waals surface area contributed by atoms with E-state index in [2.05, 4.69) is 37.3 Å². The first-order chi connectivity index (χ1) is 11.3. The number of aromatic nitrogens is 1. The molecule has 0 radical (unpaired) electrons. The van der Waals surface area contributed by atoms with Gasteiger partial charge in [-0.3, -0.25) is 4.79 Å². The van der Waals surface area contributed by atoms with Crippen LogP contribution in [0, 0.1) is 11.3 Å². The molecule has 0 spiro atoms. The van der Waals surface area contributed by atoms with Crippen LogP contribution in [0.4, 0.5) is 0 Å². The number of amides is 1. The summed E-state index contributed by atoms with van der Waals surface area (Å²) in [6, 6.07) is 10.5. The summed E-state index contributed by atoms with van der Waals surface area (Å²) in [5, 5.41) is 15.7. The van der Waals surface area contributed by atoms with Crippen molar-refractivity contribution in [1.82, 2.24) is 10.5 Å². The second kappa shape index (κ2) is 7.28. The summed E-state index contributed by atoms with van der Waals surface area (Å²) in [5.74, 6) is -0.0155. The van der Waals surface area contributed by atoms with Crippen LogP contribution in [-0.2, 0) is 16.8 Å². The molecule has 0 fully saturated rings. The summed E-state index contributed by atoms with van der Waals surface area (Å²) in [6.07, 6.45) is 0. The van der Waals surface area contributed by atoms with E-state index < -0.39 is 11.9 Å². The third kappa shape index (κ3) is 4.21. The lowest BCUT2D eigenvalue weighted by atomic mass is 9.86. The average molecular weight is 327 g/mol. The highest BCUT2D eigenvalue weighted by atomic mass is 16.5. The van der Waals surface area contributed by atoms with Crippen LogP contribution >= 0.6 is 0 Å². The van der Waals surface area contributed by atoms with Gasteiger partial charge in [0.2, 0.25) is 0 Å². The smallest absolute Gasteiger partial charge is 0.274 e. The van der Waals surface area contributed by atoms with Crippen molar-refractivity contribution in [3.63, 3.8) is 0 Å². The van der Waals surface area contributed by atoms with Crippen LogP contribution in [0.15, 0.2) is 34.9 Å². The molecule has 24 heavy (non-hydrogen) atoms. The first kappa shape index (κ1) is 17.7. The summed E-state index contributed by atoms with van der Waals surface area (Å²) in [4.78, 5) is 12.2. The Morgan fingerprint density at radius 1 is 1.38 bits per heavy atom. The molecule has 126 valence electrons. The van der Waals surface area contributed by atoms with E-state index in [0.717, 1.165) is 11.1 Å². The van der Waals surface area contributed by atoms with Crippen LogP contribution in [0.5, 0.6) is 0 Å². The zero-order chi connectivity index (χ0) is 17.7. The van der Waals surface area contributed by atoms with Crippen molar-refractivity contribution < 1.29 is 14.1 Å². The van der Waals surface area contributed by atoms with Crippen LogP contribution in [0.2, 0.25) is 0 Å². The highest BCUT2D eigenvalue weighted by Crippen LogP contribution is 2.24. The van der Waals surface area contributed by atoms with E-state index in [1.165, 1.54) is 13.2 Å². The van der Waals surface area contributed by atoms with Gasteiger partial charge < -0.3 is 14.6 Å². The van der Waals surface area contributed by atoms with Gasteiger partial charge in [-0.2, -0.15) is 5.26 Å². The fraction of sp³-hybridized carbons (Fsp3) is 0.389. The Kier molecular flexibility index (Phi) is 5.37. The Hall–Kier alpha value is -2.65. The van der Waals surface area contributed by atoms with E-state index in [9.17, 15) is 10.1 Å². The number of carbonyl (C=O) groups excluding carboxylic acids is 1. The minimum absolute atomic E-state index is 0.0301. The third-order valence-electron chi connectivity index (χ3n) is 3.59. The van der Waals surface area contributed by atoms with Crippen LogP contribution < -0.4 is 5.32 Å². The van der Waals surface area contributed by atoms with Gasteiger partial charge in [-0.1, -0.05) is 50.2 Å². The number of nitrogens with one attached hydrogen (secondary N) is 1. The number of rotatable bonds is 5. The molecular formula is C18H21N3O3. The minimum atomic E-state index is -0.755. The maximum Gasteiger partial charge on any atom is 0.274 e. The molecule has 2 rings (SSSR count). The Bertz CT molecular complexity index is 736. The van der Waals surface area contributed by atoms with Crippen LogP contribution in [0.3, 0.4) is 0 Å². The fourth-order valence-corrected chi connectivity index (χ4v) is 2.20. The summed E-state index contributed by atoms with van der Waals surface area (Å²) in [5.41, 5.74) is 2.03. The second-order valence-corrected chi connectivity index (χ2v) is 6.52. The Balaban J connectivity index is 2.11. The quantitative estimate of drug-likeness (QED) is 0.911. The maximum absolute atomic E-state index is 12.2. The molecule has 6 nitrogen and oxygen atoms in total. The largest absolute Gasteiger partial charge is 0.377 e. The van der Waals surface area contributed by atoms with Crippen molar-refractivity contribution in [2.45, 2.75) is 38.8 Å². The molecule has 0 saturated carbocycles. The van der Waals surface area contributed by atoms with E-state index in [-0.39, 0.29) is 17.7 Å². The predicted octanol–water partition coefficient (Wildman–Crippen LogP) is 3.11. The van der Waals surface area contributed by atoms with Gasteiger partial charge in [-0.05, 0) is 16.5 Å². The number of hydrogen-bond acceptors (Lipinski definition) is 5. The molecule has 1 atom stereocenters. The summed E-state index contributed by atoms with van der Waals surface area (Å²) in [6.45, 7) is 6.59. The SMILES string of the molecule is COCc1cc(C(=O)N[C@@H](C#N)c2ccc(C(C)(C)C)cc2)no1. The molecular weight excluding hydrogens is 306 g/mol. The van der Waals surface area contributed by atoms with Gasteiger partial charge in [-0.15, -0.1) is 0 Å². The van der Waals surface area contributed by atoms with Gasteiger partial charge in [-0.25, -0.2) is 0 Å². The Morgan fingerprint density at radius 3 is 2.58 bits per heavy atom. The lowest BCUT2D eigenvalue weighted by molar-refractivity contribution is 0.0935. The van der Waals surface area contributed by atoms with Gasteiger partial charge in [0.15, 0.2) is 11.5 Å². The van der Waals surface area contributed by atoms with E-state index in [1.807, 2.05) is 24.3 Å². The molecule has 1 aromatic carbocycles. The number of methoxy groups -OCH3 is 1. The molecule has 0 aliphatic heterocycles. The first-order valence-electron chi connectivity index (χ1n) is 7.60. The van der Waals surface area contributed by atoms with Gasteiger partial charge in [0.05, 0.1) is 6.07 Å². The molecule has 1 amide bonds. The van der Waals surface area contributed by atoms with Gasteiger partial charge in [0.1, 0.15) is 12.6 Å². The number of nitriles is 1. The van der Waals surface area contributed by atoms with E-state index >= 15 is 0 Å². The van der Waals surface area contributed by atoms with E-state index in [4.69, 9.17) is 9.26 Å². The average Bonchev–Trinajstić information content (AvgIpc) is 3.01. The van der Waals surface area contributed by atoms with Crippen LogP contribution in [0.25, 0.3) is 0 Å². The van der Waals surface area contributed by atoms with E-state index in [1.54, 1.807) is 0 Å². The fourth-order valence-electron chi connectivity index (χ4n) is 2.20. The molecule has 0 saturated heterocycles. The van der Waals surface area contributed by atoms with E-state index in [0.29, 0.717) is 5.76 Å². The normalized spacial score (nSPS) is 12.5. The zero-order valence-corrected chi connectivity index (χ0v) is 14.3. The van der Waals surface area contributed by atoms with Gasteiger partial charge in [0.25, 0.3) is 5.91 Å². The van der Waals surface area contributed by atoms with Crippen molar-refractivity contribution in [3.8, 4) is 6.07 Å². The number of carbonyl (C=O) groups is 1. The number of benzene rings is 1. The zero-order valence-electron chi connectivity index (χ0n) is 14.3. The highest BCUT2D eigenvalue weighted by molar-refractivity contribution is 5.92. The lowest BCUT2D eigenvalue weighted by Gasteiger charge is -2.20. The van der Waals surface area contributed by atoms with Crippen LogP contribution in [0.1, 0.15) is 54.2 Å². The monoisotopic (exact) mass is 327 g/mol. The molecule has 2 aromatic rings. The van der Waals surface area contributed by atoms with Crippen molar-refractivity contribution in [1.29, 1.82) is 5.26 Å². The Labute approximate surface area is 141 Å². The number of hydrogen-bond donors (Lipinski definition) is 1. The lowest BCUT2D eigenvalue weighted by Crippen LogP contribution is -2.28. The third-order valence-corrected chi connectivity index (χ3v) is 3.59. The predicted molar refractivity (Wildman–Crippen MR) is 88.2 cm³/mol. The van der Waals surface area contributed by atoms with Crippen molar-refractivity contribution >= 4 is 5.91 Å². The molecule has 6 heteroatoms. The molecule has 1 heterocycles. The van der Waals surface area contributed by atoms with Crippen molar-refractivity contribution in [2.75, 3.05) is 7.11 Å². The Morgan fingerprint density at radius 2 is 2.04 bits per heavy atom. The molecule has 0 bridgehead atoms. The second-order valence-electron chi connectivity index (χ2n) is 6.52. The number of nitrogens with zero attached hydrogens (tertiary/aromatic N) is 2. The summed E-state index contributed by atoms with van der Waals surface area (Å²) < 4.78 is 9.89. The van der Waals surface area contributed by atoms with Gasteiger partial charge in [0, 0.05) is 13.2 Å². The molecule has 0 unspecified atom stereocenters. The molecule has 1 N–H and O–H groups in total. The van der Waals surface area contributed by atoms with Crippen molar-refractivity contribution in [3.05, 3.63) is 52.9 Å².